The minimum absolute atomic E-state index is 0. The summed E-state index contributed by atoms with van der Waals surface area (Å²) < 4.78 is 64.6. The van der Waals surface area contributed by atoms with E-state index < -0.39 is 35.5 Å². The summed E-state index contributed by atoms with van der Waals surface area (Å²) in [6.07, 6.45) is -1.83. The van der Waals surface area contributed by atoms with E-state index in [0.717, 1.165) is 6.92 Å². The van der Waals surface area contributed by atoms with Gasteiger partial charge in [0.15, 0.2) is 0 Å². The van der Waals surface area contributed by atoms with Crippen molar-refractivity contribution in [3.05, 3.63) is 0 Å². The predicted octanol–water partition coefficient (Wildman–Crippen LogP) is -4.15. The maximum absolute atomic E-state index is 9.00. The van der Waals surface area contributed by atoms with Crippen molar-refractivity contribution >= 4 is 22.5 Å². The van der Waals surface area contributed by atoms with Gasteiger partial charge < -0.3 is 16.7 Å². The summed E-state index contributed by atoms with van der Waals surface area (Å²) in [6, 6.07) is 0. The number of carbonyl (C=O) groups is 2. The normalized spacial score (nSPS) is 7.45. The summed E-state index contributed by atoms with van der Waals surface area (Å²) in [5.41, 5.74) is 0. The van der Waals surface area contributed by atoms with Gasteiger partial charge in [0.25, 0.3) is 5.97 Å². The van der Waals surface area contributed by atoms with Crippen molar-refractivity contribution in [1.29, 1.82) is 0 Å². The zero-order chi connectivity index (χ0) is 16.2. The van der Waals surface area contributed by atoms with E-state index >= 15 is 0 Å². The van der Waals surface area contributed by atoms with E-state index in [-0.39, 0.29) is 104 Å². The first-order valence-electron chi connectivity index (χ1n) is 2.91. The molecule has 0 fully saturated rings. The van der Waals surface area contributed by atoms with Gasteiger partial charge in [-0.2, -0.15) is 8.42 Å². The van der Waals surface area contributed by atoms with Crippen LogP contribution in [-0.2, 0) is 90.9 Å². The fraction of sp³-hybridized carbons (Fsp3) is 0.333. The van der Waals surface area contributed by atoms with Crippen LogP contribution in [0.1, 0.15) is 8.35 Å². The summed E-state index contributed by atoms with van der Waals surface area (Å²) in [7, 11) is -4.67. The van der Waals surface area contributed by atoms with Crippen LogP contribution in [0.4, 0.5) is 4.79 Å². The molecule has 13 nitrogen and oxygen atoms in total. The number of carboxylic acids is 1. The monoisotopic (exact) mass is 545 g/mol. The van der Waals surface area contributed by atoms with Crippen LogP contribution < -0.4 is 51.4 Å². The fourth-order valence-corrected chi connectivity index (χ4v) is 0. The Kier molecular flexibility index (Phi) is 62.0. The van der Waals surface area contributed by atoms with E-state index in [2.05, 4.69) is 0 Å². The van der Waals surface area contributed by atoms with Crippen LogP contribution in [0.15, 0.2) is 0 Å². The Morgan fingerprint density at radius 3 is 0.909 bits per heavy atom. The Morgan fingerprint density at radius 1 is 0.909 bits per heavy atom. The molecule has 0 aromatic heterocycles. The van der Waals surface area contributed by atoms with Crippen molar-refractivity contribution in [2.45, 2.75) is 6.92 Å². The van der Waals surface area contributed by atoms with Crippen LogP contribution in [0.2, 0.25) is 0 Å². The van der Waals surface area contributed by atoms with Crippen LogP contribution in [0.25, 0.3) is 0 Å². The number of carboxylic acid groups (broad SMARTS) is 3. The first kappa shape index (κ1) is 49.5. The molecule has 19 heteroatoms. The molecular formula is C3H10KMn4O13S. The Balaban J connectivity index is -0.0000000152. The molecule has 0 aliphatic rings. The molecule has 0 saturated carbocycles. The van der Waals surface area contributed by atoms with Gasteiger partial charge in [-0.3, -0.25) is 13.9 Å². The molecule has 0 heterocycles. The van der Waals surface area contributed by atoms with E-state index in [4.69, 9.17) is 58.1 Å². The van der Waals surface area contributed by atoms with Crippen LogP contribution in [0.3, 0.4) is 0 Å². The summed E-state index contributed by atoms with van der Waals surface area (Å²) in [4.78, 5) is 17.6. The van der Waals surface area contributed by atoms with Gasteiger partial charge >= 0.3 is 96.6 Å². The summed E-state index contributed by atoms with van der Waals surface area (Å²) in [5.74, 6) is -0.833. The molecule has 0 bridgehead atoms. The van der Waals surface area contributed by atoms with Gasteiger partial charge in [-0.25, -0.2) is 4.79 Å². The molecule has 3 radical (unpaired) electrons. The van der Waals surface area contributed by atoms with Crippen molar-refractivity contribution < 1.29 is 175 Å². The first-order chi connectivity index (χ1) is 7.46. The van der Waals surface area contributed by atoms with E-state index in [1.165, 1.54) is 0 Å². The Bertz CT molecular complexity index is 454. The quantitative estimate of drug-likeness (QED) is 0.125. The molecule has 0 amide bonds. The molecule has 6 N–H and O–H groups in total. The van der Waals surface area contributed by atoms with Gasteiger partial charge in [-0.1, -0.05) is 0 Å². The molecule has 0 saturated heterocycles. The zero-order valence-electron chi connectivity index (χ0n) is 11.5. The topological polar surface area (TPSA) is 241 Å². The molecule has 0 aliphatic heterocycles. The Labute approximate surface area is 201 Å². The third-order valence-corrected chi connectivity index (χ3v) is 0. The van der Waals surface area contributed by atoms with Gasteiger partial charge in [0.1, 0.15) is 0 Å². The molecule has 0 aromatic rings. The van der Waals surface area contributed by atoms with Gasteiger partial charge in [-0.05, 0) is 0 Å². The van der Waals surface area contributed by atoms with Gasteiger partial charge in [0.05, 0.1) is 0 Å². The molecule has 135 valence electrons. The molecular weight excluding hydrogens is 535 g/mol. The average Bonchev–Trinajstić information content (AvgIpc) is 1.70. The number of aliphatic carboxylic acids is 1. The van der Waals surface area contributed by atoms with Gasteiger partial charge in [0, 0.05) is 58.1 Å². The van der Waals surface area contributed by atoms with E-state index in [0.29, 0.717) is 0 Å². The third kappa shape index (κ3) is 3270. The molecule has 0 rings (SSSR count). The van der Waals surface area contributed by atoms with Gasteiger partial charge in [0.2, 0.25) is 0 Å². The minimum atomic E-state index is -5.38. The van der Waals surface area contributed by atoms with Crippen LogP contribution in [0, 0.1) is 0 Å². The van der Waals surface area contributed by atoms with Crippen molar-refractivity contribution in [2.24, 2.45) is 0 Å². The van der Waals surface area contributed by atoms with Crippen LogP contribution in [-0.4, -0.2) is 49.2 Å². The maximum atomic E-state index is 9.00. The first-order valence-corrected chi connectivity index (χ1v) is 6.28. The SMILES string of the molecule is CC(=O)O.O=C(O)O.O=S(=O)(O)O.[H-].[K+].[Mn].[Mn].[Mn].[O]=[Mn](=[O])(=[O])[OH]. The molecule has 0 spiro atoms. The number of hydrogen-bond acceptors (Lipinski definition) is 7. The molecule has 0 unspecified atom stereocenters. The predicted molar refractivity (Wildman–Crippen MR) is 43.5 cm³/mol. The molecule has 0 aromatic carbocycles. The van der Waals surface area contributed by atoms with Crippen LogP contribution in [0.5, 0.6) is 0 Å². The second-order valence-corrected chi connectivity index (χ2v) is 3.78. The van der Waals surface area contributed by atoms with E-state index in [1.807, 2.05) is 0 Å². The molecule has 22 heavy (non-hydrogen) atoms. The summed E-state index contributed by atoms with van der Waals surface area (Å²) >= 11 is -5.38. The van der Waals surface area contributed by atoms with Crippen LogP contribution >= 0.6 is 0 Å². The fourth-order valence-electron chi connectivity index (χ4n) is 0. The number of rotatable bonds is 0. The van der Waals surface area contributed by atoms with E-state index in [1.54, 1.807) is 0 Å². The molecule has 0 aliphatic carbocycles. The van der Waals surface area contributed by atoms with Crippen molar-refractivity contribution in [3.63, 3.8) is 0 Å². The molecule has 0 atom stereocenters. The van der Waals surface area contributed by atoms with E-state index in [9.17, 15) is 0 Å². The zero-order valence-corrected chi connectivity index (χ0v) is 19.1. The average molecular weight is 545 g/mol. The second-order valence-electron chi connectivity index (χ2n) is 1.65. The third-order valence-electron chi connectivity index (χ3n) is 0. The summed E-state index contributed by atoms with van der Waals surface area (Å²) in [5, 5.41) is 21.4. The van der Waals surface area contributed by atoms with Crippen molar-refractivity contribution in [2.75, 3.05) is 0 Å². The second kappa shape index (κ2) is 27.5. The standard InChI is InChI=1S/C2H4O2.CH2O3.K.4Mn.H2O4S.H2O.3O.H/c1-2(3)4;2-1(3)4;;;;;;1-5(2,3)4;;;;;/h1H3,(H,3,4);(H2,2,3,4);;;;;;(H2,1,2,3,4);1H2;;;;/q;;+1;;;;+1;;;;;;-1/p-1. The van der Waals surface area contributed by atoms with Gasteiger partial charge in [-0.15, -0.1) is 0 Å². The summed E-state index contributed by atoms with van der Waals surface area (Å²) in [6.45, 7) is 1.08. The Morgan fingerprint density at radius 2 is 0.909 bits per heavy atom. The van der Waals surface area contributed by atoms with Crippen molar-refractivity contribution in [1.82, 2.24) is 0 Å². The number of hydrogen-bond donors (Lipinski definition) is 6. The Hall–Kier alpha value is 1.68. The van der Waals surface area contributed by atoms with Crippen molar-refractivity contribution in [3.8, 4) is 0 Å².